The topological polar surface area (TPSA) is 66.8 Å². The molecular weight excluding hydrogens is 244 g/mol. The molecule has 0 aromatic rings. The van der Waals surface area contributed by atoms with Gasteiger partial charge in [0.25, 0.3) is 0 Å². The fourth-order valence-electron chi connectivity index (χ4n) is 4.38. The van der Waals surface area contributed by atoms with Gasteiger partial charge in [0.1, 0.15) is 11.7 Å². The second kappa shape index (κ2) is 3.83. The molecule has 1 aliphatic heterocycles. The van der Waals surface area contributed by atoms with Crippen molar-refractivity contribution in [1.82, 2.24) is 0 Å². The van der Waals surface area contributed by atoms with Gasteiger partial charge in [0, 0.05) is 11.3 Å². The van der Waals surface area contributed by atoms with Crippen LogP contribution in [0.4, 0.5) is 0 Å². The smallest absolute Gasteiger partial charge is 0.309 e. The van der Waals surface area contributed by atoms with E-state index in [0.29, 0.717) is 24.8 Å². The van der Waals surface area contributed by atoms with Crippen LogP contribution in [0.25, 0.3) is 0 Å². The maximum Gasteiger partial charge on any atom is 0.309 e. The largest absolute Gasteiger partial charge is 0.458 e. The molecule has 0 radical (unpaired) electrons. The lowest BCUT2D eigenvalue weighted by Gasteiger charge is -2.58. The Morgan fingerprint density at radius 1 is 1.42 bits per heavy atom. The van der Waals surface area contributed by atoms with Crippen molar-refractivity contribution < 1.29 is 19.7 Å². The average Bonchev–Trinajstić information content (AvgIpc) is 2.66. The molecular formula is C15H22O4. The molecule has 3 fully saturated rings. The number of fused-ring (bicyclic) bond motifs is 3. The molecule has 0 spiro atoms. The Balaban J connectivity index is 2.08. The van der Waals surface area contributed by atoms with Crippen LogP contribution in [0, 0.1) is 17.3 Å². The molecule has 106 valence electrons. The summed E-state index contributed by atoms with van der Waals surface area (Å²) in [6, 6.07) is 0. The minimum atomic E-state index is -1.28. The van der Waals surface area contributed by atoms with Crippen molar-refractivity contribution in [3.05, 3.63) is 12.2 Å². The van der Waals surface area contributed by atoms with Crippen molar-refractivity contribution in [3.8, 4) is 0 Å². The molecule has 1 heterocycles. The van der Waals surface area contributed by atoms with E-state index in [-0.39, 0.29) is 17.8 Å². The molecule has 0 aromatic carbocycles. The number of aliphatic hydroxyl groups is 2. The van der Waals surface area contributed by atoms with Crippen LogP contribution in [0.5, 0.6) is 0 Å². The van der Waals surface area contributed by atoms with Crippen molar-refractivity contribution in [2.45, 2.75) is 57.3 Å². The van der Waals surface area contributed by atoms with Crippen LogP contribution in [0.3, 0.4) is 0 Å². The molecule has 0 amide bonds. The van der Waals surface area contributed by atoms with Gasteiger partial charge in [-0.15, -0.1) is 0 Å². The highest BCUT2D eigenvalue weighted by molar-refractivity contribution is 5.75. The zero-order valence-electron chi connectivity index (χ0n) is 11.6. The van der Waals surface area contributed by atoms with Crippen LogP contribution in [-0.4, -0.2) is 34.0 Å². The van der Waals surface area contributed by atoms with E-state index in [1.165, 1.54) is 0 Å². The Bertz CT molecular complexity index is 445. The Labute approximate surface area is 113 Å². The fraction of sp³-hybridized carbons (Fsp3) is 0.800. The van der Waals surface area contributed by atoms with E-state index in [4.69, 9.17) is 4.74 Å². The molecule has 6 atom stereocenters. The van der Waals surface area contributed by atoms with E-state index in [2.05, 4.69) is 6.58 Å². The van der Waals surface area contributed by atoms with E-state index >= 15 is 0 Å². The lowest BCUT2D eigenvalue weighted by molar-refractivity contribution is -0.216. The maximum atomic E-state index is 11.8. The molecule has 4 heteroatoms. The van der Waals surface area contributed by atoms with Crippen LogP contribution < -0.4 is 0 Å². The Hall–Kier alpha value is -0.870. The van der Waals surface area contributed by atoms with E-state index in [9.17, 15) is 15.0 Å². The minimum Gasteiger partial charge on any atom is -0.458 e. The van der Waals surface area contributed by atoms with Gasteiger partial charge in [-0.1, -0.05) is 20.4 Å². The summed E-state index contributed by atoms with van der Waals surface area (Å²) in [5, 5.41) is 21.6. The summed E-state index contributed by atoms with van der Waals surface area (Å²) in [4.78, 5) is 11.8. The fourth-order valence-corrected chi connectivity index (χ4v) is 4.38. The third-order valence-electron chi connectivity index (χ3n) is 5.92. The number of hydrogen-bond acceptors (Lipinski definition) is 4. The van der Waals surface area contributed by atoms with E-state index in [1.807, 2.05) is 13.8 Å². The van der Waals surface area contributed by atoms with Gasteiger partial charge in [-0.3, -0.25) is 4.79 Å². The van der Waals surface area contributed by atoms with Crippen LogP contribution in [0.15, 0.2) is 12.2 Å². The number of rotatable bonds is 0. The lowest BCUT2D eigenvalue weighted by atomic mass is 9.51. The quantitative estimate of drug-likeness (QED) is 0.514. The molecule has 19 heavy (non-hydrogen) atoms. The van der Waals surface area contributed by atoms with Crippen molar-refractivity contribution >= 4 is 5.97 Å². The second-order valence-corrected chi connectivity index (χ2v) is 6.69. The predicted molar refractivity (Wildman–Crippen MR) is 69.2 cm³/mol. The summed E-state index contributed by atoms with van der Waals surface area (Å²) in [6.45, 7) is 7.77. The normalized spacial score (nSPS) is 53.5. The van der Waals surface area contributed by atoms with Gasteiger partial charge in [-0.25, -0.2) is 0 Å². The summed E-state index contributed by atoms with van der Waals surface area (Å²) in [6.07, 6.45) is 1.60. The Kier molecular flexibility index (Phi) is 2.64. The molecule has 0 unspecified atom stereocenters. The first kappa shape index (κ1) is 13.1. The second-order valence-electron chi connectivity index (χ2n) is 6.69. The number of ether oxygens (including phenoxy) is 1. The zero-order chi connectivity index (χ0) is 14.0. The van der Waals surface area contributed by atoms with E-state index in [1.54, 1.807) is 0 Å². The zero-order valence-corrected chi connectivity index (χ0v) is 11.6. The van der Waals surface area contributed by atoms with Crippen LogP contribution >= 0.6 is 0 Å². The number of hydrogen-bond donors (Lipinski definition) is 2. The van der Waals surface area contributed by atoms with Gasteiger partial charge in [-0.05, 0) is 31.3 Å². The molecule has 3 aliphatic rings. The highest BCUT2D eigenvalue weighted by atomic mass is 16.6. The van der Waals surface area contributed by atoms with E-state index < -0.39 is 23.2 Å². The predicted octanol–water partition coefficient (Wildman–Crippen LogP) is 1.41. The molecule has 3 rings (SSSR count). The Morgan fingerprint density at radius 2 is 2.11 bits per heavy atom. The first-order chi connectivity index (χ1) is 8.82. The van der Waals surface area contributed by atoms with Crippen LogP contribution in [0.2, 0.25) is 0 Å². The van der Waals surface area contributed by atoms with Crippen molar-refractivity contribution in [2.75, 3.05) is 0 Å². The molecule has 2 saturated carbocycles. The van der Waals surface area contributed by atoms with Gasteiger partial charge < -0.3 is 14.9 Å². The molecule has 2 aliphatic carbocycles. The summed E-state index contributed by atoms with van der Waals surface area (Å²) in [7, 11) is 0. The van der Waals surface area contributed by atoms with Gasteiger partial charge in [-0.2, -0.15) is 0 Å². The van der Waals surface area contributed by atoms with Crippen molar-refractivity contribution in [3.63, 3.8) is 0 Å². The van der Waals surface area contributed by atoms with Gasteiger partial charge in [0.05, 0.1) is 12.0 Å². The first-order valence-corrected chi connectivity index (χ1v) is 7.11. The SMILES string of the molecule is C=C1CC[C@H](O)[C@]2(C)CC[C@H]3[C@@H](C)C(=O)O[C@@H]3[C@@]12O. The summed E-state index contributed by atoms with van der Waals surface area (Å²) in [5.41, 5.74) is -1.24. The third kappa shape index (κ3) is 1.39. The summed E-state index contributed by atoms with van der Waals surface area (Å²) >= 11 is 0. The Morgan fingerprint density at radius 3 is 2.79 bits per heavy atom. The van der Waals surface area contributed by atoms with Crippen molar-refractivity contribution in [2.24, 2.45) is 17.3 Å². The first-order valence-electron chi connectivity index (χ1n) is 7.11. The third-order valence-corrected chi connectivity index (χ3v) is 5.92. The molecule has 0 aromatic heterocycles. The summed E-state index contributed by atoms with van der Waals surface area (Å²) in [5.74, 6) is -0.376. The number of aliphatic hydroxyl groups excluding tert-OH is 1. The molecule has 2 N–H and O–H groups in total. The highest BCUT2D eigenvalue weighted by Gasteiger charge is 2.67. The average molecular weight is 266 g/mol. The van der Waals surface area contributed by atoms with Gasteiger partial charge in [0.15, 0.2) is 0 Å². The lowest BCUT2D eigenvalue weighted by Crippen LogP contribution is -2.67. The number of carbonyl (C=O) groups excluding carboxylic acids is 1. The monoisotopic (exact) mass is 266 g/mol. The van der Waals surface area contributed by atoms with Crippen LogP contribution in [-0.2, 0) is 9.53 Å². The number of carbonyl (C=O) groups is 1. The van der Waals surface area contributed by atoms with Gasteiger partial charge in [0.2, 0.25) is 0 Å². The molecule has 1 saturated heterocycles. The highest BCUT2D eigenvalue weighted by Crippen LogP contribution is 2.59. The molecule has 0 bridgehead atoms. The van der Waals surface area contributed by atoms with E-state index in [0.717, 1.165) is 6.42 Å². The maximum absolute atomic E-state index is 11.8. The standard InChI is InChI=1S/C15H22O4/c1-8-4-5-11(16)14(3)7-6-10-9(2)13(17)19-12(10)15(8,14)18/h9-12,16,18H,1,4-7H2,2-3H3/t9-,10+,11+,12+,14+,15+/m1/s1. The van der Waals surface area contributed by atoms with Gasteiger partial charge >= 0.3 is 5.97 Å². The van der Waals surface area contributed by atoms with Crippen molar-refractivity contribution in [1.29, 1.82) is 0 Å². The minimum absolute atomic E-state index is 0.0348. The summed E-state index contributed by atoms with van der Waals surface area (Å²) < 4.78 is 5.47. The van der Waals surface area contributed by atoms with Crippen LogP contribution in [0.1, 0.15) is 39.5 Å². The molecule has 4 nitrogen and oxygen atoms in total. The number of esters is 1.